The lowest BCUT2D eigenvalue weighted by atomic mass is 9.98. The van der Waals surface area contributed by atoms with Crippen molar-refractivity contribution in [2.45, 2.75) is 45.1 Å². The Morgan fingerprint density at radius 3 is 2.28 bits per heavy atom. The molecule has 2 N–H and O–H groups in total. The predicted molar refractivity (Wildman–Crippen MR) is 73.4 cm³/mol. The summed E-state index contributed by atoms with van der Waals surface area (Å²) in [7, 11) is 1.63. The van der Waals surface area contributed by atoms with Crippen molar-refractivity contribution < 1.29 is 9.90 Å². The Bertz CT molecular complexity index is 371. The van der Waals surface area contributed by atoms with E-state index in [2.05, 4.69) is 31.3 Å². The fraction of sp³-hybridized carbons (Fsp3) is 0.533. The van der Waals surface area contributed by atoms with Gasteiger partial charge in [0.15, 0.2) is 0 Å². The number of carbonyl (C=O) groups is 1. The van der Waals surface area contributed by atoms with Gasteiger partial charge < -0.3 is 10.4 Å². The third-order valence-electron chi connectivity index (χ3n) is 3.15. The maximum Gasteiger partial charge on any atom is 0.219 e. The average Bonchev–Trinajstić information content (AvgIpc) is 2.38. The molecule has 1 aromatic rings. The number of benzene rings is 1. The minimum absolute atomic E-state index is 0.0253. The van der Waals surface area contributed by atoms with Crippen LogP contribution in [0.5, 0.6) is 0 Å². The van der Waals surface area contributed by atoms with Crippen molar-refractivity contribution in [3.8, 4) is 0 Å². The molecule has 0 aliphatic rings. The van der Waals surface area contributed by atoms with Gasteiger partial charge in [0.1, 0.15) is 0 Å². The van der Waals surface area contributed by atoms with Crippen LogP contribution < -0.4 is 5.32 Å². The van der Waals surface area contributed by atoms with E-state index < -0.39 is 6.10 Å². The molecular formula is C15H23NO2. The lowest BCUT2D eigenvalue weighted by Crippen LogP contribution is -2.17. The molecule has 100 valence electrons. The van der Waals surface area contributed by atoms with Crippen molar-refractivity contribution in [2.24, 2.45) is 0 Å². The molecule has 1 unspecified atom stereocenters. The molecular weight excluding hydrogens is 226 g/mol. The minimum atomic E-state index is -0.476. The number of hydrogen-bond donors (Lipinski definition) is 2. The molecule has 0 saturated carbocycles. The molecule has 0 aliphatic carbocycles. The van der Waals surface area contributed by atoms with Crippen LogP contribution in [0.2, 0.25) is 0 Å². The zero-order valence-electron chi connectivity index (χ0n) is 11.4. The van der Waals surface area contributed by atoms with Gasteiger partial charge in [-0.15, -0.1) is 0 Å². The van der Waals surface area contributed by atoms with Gasteiger partial charge in [-0.1, -0.05) is 38.1 Å². The van der Waals surface area contributed by atoms with Gasteiger partial charge in [-0.25, -0.2) is 0 Å². The number of rotatable bonds is 6. The highest BCUT2D eigenvalue weighted by Crippen LogP contribution is 2.22. The second kappa shape index (κ2) is 7.17. The van der Waals surface area contributed by atoms with Crippen molar-refractivity contribution in [1.82, 2.24) is 5.32 Å². The van der Waals surface area contributed by atoms with Gasteiger partial charge >= 0.3 is 0 Å². The number of aliphatic hydroxyl groups excluding tert-OH is 1. The van der Waals surface area contributed by atoms with Crippen LogP contribution in [0.4, 0.5) is 0 Å². The second-order valence-electron chi connectivity index (χ2n) is 4.90. The van der Waals surface area contributed by atoms with Gasteiger partial charge in [0.25, 0.3) is 0 Å². The summed E-state index contributed by atoms with van der Waals surface area (Å²) in [6.07, 6.45) is 1.31. The van der Waals surface area contributed by atoms with Crippen LogP contribution in [-0.2, 0) is 4.79 Å². The molecule has 0 saturated heterocycles. The molecule has 1 amide bonds. The van der Waals surface area contributed by atoms with Gasteiger partial charge in [0.2, 0.25) is 5.91 Å². The van der Waals surface area contributed by atoms with Crippen molar-refractivity contribution in [3.05, 3.63) is 35.4 Å². The smallest absolute Gasteiger partial charge is 0.219 e. The summed E-state index contributed by atoms with van der Waals surface area (Å²) in [6, 6.07) is 8.06. The Morgan fingerprint density at radius 2 is 1.78 bits per heavy atom. The molecule has 0 spiro atoms. The summed E-state index contributed by atoms with van der Waals surface area (Å²) >= 11 is 0. The van der Waals surface area contributed by atoms with Crippen LogP contribution in [0.1, 0.15) is 56.3 Å². The Hall–Kier alpha value is -1.35. The van der Waals surface area contributed by atoms with E-state index in [4.69, 9.17) is 0 Å². The second-order valence-corrected chi connectivity index (χ2v) is 4.90. The Labute approximate surface area is 109 Å². The Morgan fingerprint density at radius 1 is 1.22 bits per heavy atom. The fourth-order valence-electron chi connectivity index (χ4n) is 1.85. The largest absolute Gasteiger partial charge is 0.388 e. The first kappa shape index (κ1) is 14.7. The van der Waals surface area contributed by atoms with Gasteiger partial charge in [-0.3, -0.25) is 4.79 Å². The molecule has 1 rings (SSSR count). The number of hydrogen-bond acceptors (Lipinski definition) is 2. The molecule has 0 radical (unpaired) electrons. The third kappa shape index (κ3) is 4.49. The zero-order chi connectivity index (χ0) is 13.5. The summed E-state index contributed by atoms with van der Waals surface area (Å²) in [5.74, 6) is 0.529. The van der Waals surface area contributed by atoms with E-state index in [1.165, 1.54) is 5.56 Å². The van der Waals surface area contributed by atoms with Crippen LogP contribution in [0.25, 0.3) is 0 Å². The maximum atomic E-state index is 11.1. The van der Waals surface area contributed by atoms with E-state index in [-0.39, 0.29) is 5.91 Å². The predicted octanol–water partition coefficient (Wildman–Crippen LogP) is 2.76. The summed E-state index contributed by atoms with van der Waals surface area (Å²) in [5.41, 5.74) is 2.20. The molecule has 0 bridgehead atoms. The molecule has 0 heterocycles. The highest BCUT2D eigenvalue weighted by Gasteiger charge is 2.09. The summed E-state index contributed by atoms with van der Waals surface area (Å²) in [4.78, 5) is 11.1. The molecule has 0 aliphatic heterocycles. The van der Waals surface area contributed by atoms with Crippen molar-refractivity contribution in [2.75, 3.05) is 7.05 Å². The minimum Gasteiger partial charge on any atom is -0.388 e. The average molecular weight is 249 g/mol. The Balaban J connectivity index is 2.46. The molecule has 3 heteroatoms. The summed E-state index contributed by atoms with van der Waals surface area (Å²) in [5, 5.41) is 12.6. The zero-order valence-corrected chi connectivity index (χ0v) is 11.4. The molecule has 3 nitrogen and oxygen atoms in total. The monoisotopic (exact) mass is 249 g/mol. The van der Waals surface area contributed by atoms with E-state index >= 15 is 0 Å². The van der Waals surface area contributed by atoms with Gasteiger partial charge in [-0.2, -0.15) is 0 Å². The molecule has 0 fully saturated rings. The van der Waals surface area contributed by atoms with E-state index in [1.54, 1.807) is 7.05 Å². The van der Waals surface area contributed by atoms with Crippen LogP contribution in [-0.4, -0.2) is 18.1 Å². The van der Waals surface area contributed by atoms with Crippen LogP contribution in [0.3, 0.4) is 0 Å². The van der Waals surface area contributed by atoms with Crippen LogP contribution in [0, 0.1) is 0 Å². The molecule has 18 heavy (non-hydrogen) atoms. The lowest BCUT2D eigenvalue weighted by molar-refractivity contribution is -0.120. The van der Waals surface area contributed by atoms with Gasteiger partial charge in [-0.05, 0) is 29.9 Å². The molecule has 0 aromatic heterocycles. The summed E-state index contributed by atoms with van der Waals surface area (Å²) in [6.45, 7) is 4.30. The first-order chi connectivity index (χ1) is 8.54. The molecule has 1 atom stereocenters. The van der Waals surface area contributed by atoms with Crippen LogP contribution >= 0.6 is 0 Å². The van der Waals surface area contributed by atoms with E-state index in [0.717, 1.165) is 5.56 Å². The van der Waals surface area contributed by atoms with Crippen molar-refractivity contribution in [1.29, 1.82) is 0 Å². The number of nitrogens with one attached hydrogen (secondary N) is 1. The third-order valence-corrected chi connectivity index (χ3v) is 3.15. The van der Waals surface area contributed by atoms with Crippen LogP contribution in [0.15, 0.2) is 24.3 Å². The number of amides is 1. The van der Waals surface area contributed by atoms with E-state index in [9.17, 15) is 9.90 Å². The van der Waals surface area contributed by atoms with Crippen molar-refractivity contribution >= 4 is 5.91 Å². The fourth-order valence-corrected chi connectivity index (χ4v) is 1.85. The highest BCUT2D eigenvalue weighted by molar-refractivity contribution is 5.75. The SMILES string of the molecule is CNC(=O)CCCC(O)c1ccc(C(C)C)cc1. The first-order valence-electron chi connectivity index (χ1n) is 6.53. The first-order valence-corrected chi connectivity index (χ1v) is 6.53. The highest BCUT2D eigenvalue weighted by atomic mass is 16.3. The number of carbonyl (C=O) groups excluding carboxylic acids is 1. The Kier molecular flexibility index (Phi) is 5.86. The van der Waals surface area contributed by atoms with E-state index in [1.807, 2.05) is 12.1 Å². The van der Waals surface area contributed by atoms with Crippen molar-refractivity contribution in [3.63, 3.8) is 0 Å². The van der Waals surface area contributed by atoms with Gasteiger partial charge in [0, 0.05) is 13.5 Å². The standard InChI is InChI=1S/C15H23NO2/c1-11(2)12-7-9-13(10-8-12)14(17)5-4-6-15(18)16-3/h7-11,14,17H,4-6H2,1-3H3,(H,16,18). The maximum absolute atomic E-state index is 11.1. The topological polar surface area (TPSA) is 49.3 Å². The number of aliphatic hydroxyl groups is 1. The summed E-state index contributed by atoms with van der Waals surface area (Å²) < 4.78 is 0. The van der Waals surface area contributed by atoms with Gasteiger partial charge in [0.05, 0.1) is 6.10 Å². The quantitative estimate of drug-likeness (QED) is 0.814. The van der Waals surface area contributed by atoms with E-state index in [0.29, 0.717) is 25.2 Å². The normalized spacial score (nSPS) is 12.5. The molecule has 1 aromatic carbocycles. The lowest BCUT2D eigenvalue weighted by Gasteiger charge is -2.12.